The fourth-order valence-corrected chi connectivity index (χ4v) is 5.22. The third-order valence-corrected chi connectivity index (χ3v) is 7.12. The van der Waals surface area contributed by atoms with Crippen LogP contribution in [0.25, 0.3) is 16.7 Å². The van der Waals surface area contributed by atoms with Gasteiger partial charge in [-0.1, -0.05) is 42.5 Å². The highest BCUT2D eigenvalue weighted by atomic mass is 16.5. The van der Waals surface area contributed by atoms with Gasteiger partial charge in [-0.15, -0.1) is 0 Å². The van der Waals surface area contributed by atoms with Crippen molar-refractivity contribution in [3.8, 4) is 22.9 Å². The van der Waals surface area contributed by atoms with Gasteiger partial charge in [-0.05, 0) is 102 Å². The molecule has 3 aromatic carbocycles. The minimum absolute atomic E-state index is 0.229. The maximum Gasteiger partial charge on any atom is 0.120 e. The monoisotopic (exact) mass is 405 g/mol. The second-order valence-electron chi connectivity index (χ2n) is 9.11. The van der Waals surface area contributed by atoms with Gasteiger partial charge in [0, 0.05) is 11.5 Å². The predicted octanol–water partition coefficient (Wildman–Crippen LogP) is 7.10. The Morgan fingerprint density at radius 2 is 1.71 bits per heavy atom. The Hall–Kier alpha value is -3.31. The van der Waals surface area contributed by atoms with Crippen LogP contribution in [-0.2, 0) is 13.0 Å². The van der Waals surface area contributed by atoms with E-state index in [1.54, 1.807) is 6.08 Å². The van der Waals surface area contributed by atoms with Crippen LogP contribution in [0.1, 0.15) is 46.2 Å². The molecule has 0 radical (unpaired) electrons. The summed E-state index contributed by atoms with van der Waals surface area (Å²) in [4.78, 5) is 0. The Morgan fingerprint density at radius 3 is 2.42 bits per heavy atom. The van der Waals surface area contributed by atoms with Crippen molar-refractivity contribution < 1.29 is 4.74 Å². The first kappa shape index (κ1) is 19.6. The highest BCUT2D eigenvalue weighted by molar-refractivity contribution is 5.81. The second kappa shape index (κ2) is 7.43. The Kier molecular flexibility index (Phi) is 4.71. The Bertz CT molecular complexity index is 1230. The lowest BCUT2D eigenvalue weighted by Crippen LogP contribution is -2.01. The Balaban J connectivity index is 1.40. The lowest BCUT2D eigenvalue weighted by atomic mass is 9.91. The fourth-order valence-electron chi connectivity index (χ4n) is 5.22. The lowest BCUT2D eigenvalue weighted by molar-refractivity contribution is 0.305. The summed E-state index contributed by atoms with van der Waals surface area (Å²) in [5.74, 6) is 0.907. The Labute approximate surface area is 184 Å². The van der Waals surface area contributed by atoms with Crippen molar-refractivity contribution in [1.82, 2.24) is 0 Å². The molecule has 2 aliphatic rings. The predicted molar refractivity (Wildman–Crippen MR) is 126 cm³/mol. The number of nitriles is 1. The molecule has 0 aliphatic heterocycles. The van der Waals surface area contributed by atoms with Gasteiger partial charge in [-0.2, -0.15) is 5.26 Å². The summed E-state index contributed by atoms with van der Waals surface area (Å²) in [6.07, 6.45) is 5.17. The average Bonchev–Trinajstić information content (AvgIpc) is 3.46. The SMILES string of the molecule is Cc1cccc(C)c1-c1cccc(COc2ccc3c(c2)CC2(CC2)C3=CC#N)c1C. The van der Waals surface area contributed by atoms with Crippen molar-refractivity contribution in [3.05, 3.63) is 94.1 Å². The number of ether oxygens (including phenoxy) is 1. The summed E-state index contributed by atoms with van der Waals surface area (Å²) >= 11 is 0. The molecule has 0 N–H and O–H groups in total. The van der Waals surface area contributed by atoms with E-state index in [9.17, 15) is 5.26 Å². The van der Waals surface area contributed by atoms with Crippen molar-refractivity contribution in [3.63, 3.8) is 0 Å². The summed E-state index contributed by atoms with van der Waals surface area (Å²) < 4.78 is 6.25. The summed E-state index contributed by atoms with van der Waals surface area (Å²) in [7, 11) is 0. The lowest BCUT2D eigenvalue weighted by Gasteiger charge is -2.16. The zero-order chi connectivity index (χ0) is 21.6. The van der Waals surface area contributed by atoms with Crippen LogP contribution in [0.15, 0.2) is 60.7 Å². The summed E-state index contributed by atoms with van der Waals surface area (Å²) in [6, 6.07) is 21.6. The van der Waals surface area contributed by atoms with Gasteiger partial charge >= 0.3 is 0 Å². The van der Waals surface area contributed by atoms with Gasteiger partial charge in [0.1, 0.15) is 12.4 Å². The van der Waals surface area contributed by atoms with Crippen molar-refractivity contribution in [2.75, 3.05) is 0 Å². The maximum atomic E-state index is 9.19. The molecule has 3 aromatic rings. The largest absolute Gasteiger partial charge is 0.489 e. The molecule has 0 amide bonds. The smallest absolute Gasteiger partial charge is 0.120 e. The number of hydrogen-bond donors (Lipinski definition) is 0. The number of nitrogens with zero attached hydrogens (tertiary/aromatic N) is 1. The van der Waals surface area contributed by atoms with Crippen LogP contribution in [0.2, 0.25) is 0 Å². The summed E-state index contributed by atoms with van der Waals surface area (Å²) in [5.41, 5.74) is 11.7. The van der Waals surface area contributed by atoms with E-state index in [1.165, 1.54) is 62.9 Å². The number of rotatable bonds is 4. The number of benzene rings is 3. The Morgan fingerprint density at radius 1 is 0.968 bits per heavy atom. The van der Waals surface area contributed by atoms with E-state index >= 15 is 0 Å². The van der Waals surface area contributed by atoms with E-state index in [2.05, 4.69) is 81.4 Å². The zero-order valence-electron chi connectivity index (χ0n) is 18.5. The van der Waals surface area contributed by atoms with E-state index in [0.717, 1.165) is 12.2 Å². The van der Waals surface area contributed by atoms with Gasteiger partial charge in [-0.3, -0.25) is 0 Å². The summed E-state index contributed by atoms with van der Waals surface area (Å²) in [6.45, 7) is 7.10. The minimum Gasteiger partial charge on any atom is -0.489 e. The zero-order valence-corrected chi connectivity index (χ0v) is 18.5. The molecule has 154 valence electrons. The summed E-state index contributed by atoms with van der Waals surface area (Å²) in [5, 5.41) is 9.19. The van der Waals surface area contributed by atoms with Crippen molar-refractivity contribution in [2.24, 2.45) is 5.41 Å². The molecule has 0 aromatic heterocycles. The van der Waals surface area contributed by atoms with Crippen LogP contribution in [0.5, 0.6) is 5.75 Å². The van der Waals surface area contributed by atoms with E-state index in [4.69, 9.17) is 4.74 Å². The third kappa shape index (κ3) is 3.35. The number of aryl methyl sites for hydroxylation is 2. The molecular formula is C29H27NO. The molecular weight excluding hydrogens is 378 g/mol. The van der Waals surface area contributed by atoms with Crippen LogP contribution in [0.3, 0.4) is 0 Å². The quantitative estimate of drug-likeness (QED) is 0.434. The molecule has 2 nitrogen and oxygen atoms in total. The second-order valence-corrected chi connectivity index (χ2v) is 9.11. The van der Waals surface area contributed by atoms with E-state index < -0.39 is 0 Å². The highest BCUT2D eigenvalue weighted by Crippen LogP contribution is 2.62. The van der Waals surface area contributed by atoms with Crippen molar-refractivity contribution in [1.29, 1.82) is 5.26 Å². The molecule has 0 unspecified atom stereocenters. The topological polar surface area (TPSA) is 33.0 Å². The van der Waals surface area contributed by atoms with E-state index in [-0.39, 0.29) is 5.41 Å². The van der Waals surface area contributed by atoms with Crippen LogP contribution >= 0.6 is 0 Å². The van der Waals surface area contributed by atoms with E-state index in [1.807, 2.05) is 0 Å². The molecule has 1 saturated carbocycles. The fraction of sp³-hybridized carbons (Fsp3) is 0.276. The molecule has 0 bridgehead atoms. The molecule has 2 aliphatic carbocycles. The maximum absolute atomic E-state index is 9.19. The number of hydrogen-bond acceptors (Lipinski definition) is 2. The van der Waals surface area contributed by atoms with Crippen molar-refractivity contribution >= 4 is 5.57 Å². The van der Waals surface area contributed by atoms with Gasteiger partial charge in [0.25, 0.3) is 0 Å². The number of fused-ring (bicyclic) bond motifs is 1. The van der Waals surface area contributed by atoms with Crippen molar-refractivity contribution in [2.45, 2.75) is 46.6 Å². The van der Waals surface area contributed by atoms with Gasteiger partial charge < -0.3 is 4.74 Å². The normalized spacial score (nSPS) is 16.9. The first-order valence-corrected chi connectivity index (χ1v) is 11.0. The minimum atomic E-state index is 0.229. The van der Waals surface area contributed by atoms with Crippen LogP contribution in [-0.4, -0.2) is 0 Å². The molecule has 0 saturated heterocycles. The molecule has 5 rings (SSSR count). The van der Waals surface area contributed by atoms with Crippen LogP contribution in [0.4, 0.5) is 0 Å². The first-order chi connectivity index (χ1) is 15.0. The standard InChI is InChI=1S/C29H27NO/c1-19-6-4-7-20(2)28(19)25-9-5-8-22(21(25)3)18-31-24-10-11-26-23(16-24)17-29(13-14-29)27(26)12-15-30/h4-12,16H,13-14,17-18H2,1-3H3. The molecule has 31 heavy (non-hydrogen) atoms. The van der Waals surface area contributed by atoms with Gasteiger partial charge in [0.05, 0.1) is 6.07 Å². The highest BCUT2D eigenvalue weighted by Gasteiger charge is 2.50. The molecule has 2 heteroatoms. The van der Waals surface area contributed by atoms with Gasteiger partial charge in [0.2, 0.25) is 0 Å². The van der Waals surface area contributed by atoms with Crippen LogP contribution in [0, 0.1) is 37.5 Å². The first-order valence-electron chi connectivity index (χ1n) is 11.0. The number of allylic oxidation sites excluding steroid dienone is 2. The van der Waals surface area contributed by atoms with E-state index in [0.29, 0.717) is 6.61 Å². The van der Waals surface area contributed by atoms with Gasteiger partial charge in [0.15, 0.2) is 0 Å². The molecule has 1 fully saturated rings. The van der Waals surface area contributed by atoms with Crippen LogP contribution < -0.4 is 4.74 Å². The third-order valence-electron chi connectivity index (χ3n) is 7.12. The van der Waals surface area contributed by atoms with Gasteiger partial charge in [-0.25, -0.2) is 0 Å². The molecule has 0 heterocycles. The molecule has 1 spiro atoms. The molecule has 0 atom stereocenters. The average molecular weight is 406 g/mol.